The Hall–Kier alpha value is -2.29. The topological polar surface area (TPSA) is 38.3 Å². The van der Waals surface area contributed by atoms with Gasteiger partial charge in [0, 0.05) is 0 Å². The van der Waals surface area contributed by atoms with Crippen LogP contribution in [0.5, 0.6) is 5.75 Å². The zero-order chi connectivity index (χ0) is 19.5. The van der Waals surface area contributed by atoms with Crippen molar-refractivity contribution in [2.45, 2.75) is 66.0 Å². The summed E-state index contributed by atoms with van der Waals surface area (Å²) in [5, 5.41) is 3.04. The molecule has 2 aromatic carbocycles. The van der Waals surface area contributed by atoms with Gasteiger partial charge in [0.2, 0.25) is 0 Å². The van der Waals surface area contributed by atoms with Gasteiger partial charge in [0.1, 0.15) is 5.75 Å². The Morgan fingerprint density at radius 1 is 1.00 bits per heavy atom. The maximum Gasteiger partial charge on any atom is 0.261 e. The van der Waals surface area contributed by atoms with Gasteiger partial charge in [-0.05, 0) is 61.4 Å². The zero-order valence-electron chi connectivity index (χ0n) is 17.0. The van der Waals surface area contributed by atoms with Crippen molar-refractivity contribution < 1.29 is 9.53 Å². The third-order valence-electron chi connectivity index (χ3n) is 4.86. The van der Waals surface area contributed by atoms with E-state index in [9.17, 15) is 4.79 Å². The van der Waals surface area contributed by atoms with Gasteiger partial charge < -0.3 is 10.1 Å². The van der Waals surface area contributed by atoms with Gasteiger partial charge in [0.25, 0.3) is 5.91 Å². The number of benzene rings is 2. The van der Waals surface area contributed by atoms with Gasteiger partial charge in [-0.3, -0.25) is 4.79 Å². The van der Waals surface area contributed by atoms with E-state index in [1.807, 2.05) is 39.0 Å². The zero-order valence-corrected chi connectivity index (χ0v) is 17.0. The predicted molar refractivity (Wildman–Crippen MR) is 108 cm³/mol. The summed E-state index contributed by atoms with van der Waals surface area (Å²) in [5.74, 6) is 0.646. The van der Waals surface area contributed by atoms with Crippen LogP contribution in [0.25, 0.3) is 0 Å². The Morgan fingerprint density at radius 3 is 2.19 bits per heavy atom. The van der Waals surface area contributed by atoms with Crippen LogP contribution in [-0.2, 0) is 10.2 Å². The van der Waals surface area contributed by atoms with E-state index >= 15 is 0 Å². The molecule has 0 saturated heterocycles. The molecule has 140 valence electrons. The lowest BCUT2D eigenvalue weighted by atomic mass is 9.86. The Kier molecular flexibility index (Phi) is 6.12. The van der Waals surface area contributed by atoms with Gasteiger partial charge in [-0.15, -0.1) is 0 Å². The van der Waals surface area contributed by atoms with Crippen molar-refractivity contribution in [2.75, 3.05) is 0 Å². The minimum absolute atomic E-state index is 0.0684. The molecule has 0 aliphatic rings. The summed E-state index contributed by atoms with van der Waals surface area (Å²) in [7, 11) is 0. The first-order chi connectivity index (χ1) is 12.1. The Labute approximate surface area is 157 Å². The SMILES string of the molecule is Cc1cccc(O[C@@H](C)C(=O)N[C@@H](C)c2ccc(C(C)(C)C)cc2)c1C. The molecular weight excluding hydrogens is 322 g/mol. The molecule has 0 bridgehead atoms. The number of amides is 1. The number of nitrogens with one attached hydrogen (secondary N) is 1. The Bertz CT molecular complexity index is 757. The minimum Gasteiger partial charge on any atom is -0.481 e. The van der Waals surface area contributed by atoms with Crippen LogP contribution < -0.4 is 10.1 Å². The highest BCUT2D eigenvalue weighted by Crippen LogP contribution is 2.24. The largest absolute Gasteiger partial charge is 0.481 e. The van der Waals surface area contributed by atoms with Gasteiger partial charge in [-0.25, -0.2) is 0 Å². The molecule has 3 heteroatoms. The van der Waals surface area contributed by atoms with E-state index in [4.69, 9.17) is 4.74 Å². The summed E-state index contributed by atoms with van der Waals surface area (Å²) < 4.78 is 5.88. The van der Waals surface area contributed by atoms with Crippen molar-refractivity contribution in [1.82, 2.24) is 5.32 Å². The summed E-state index contributed by atoms with van der Waals surface area (Å²) in [6.07, 6.45) is -0.549. The lowest BCUT2D eigenvalue weighted by Gasteiger charge is -2.22. The maximum absolute atomic E-state index is 12.5. The molecule has 0 spiro atoms. The quantitative estimate of drug-likeness (QED) is 0.798. The number of rotatable bonds is 5. The average Bonchev–Trinajstić information content (AvgIpc) is 2.58. The fourth-order valence-electron chi connectivity index (χ4n) is 2.78. The fraction of sp³-hybridized carbons (Fsp3) is 0.435. The molecular formula is C23H31NO2. The Morgan fingerprint density at radius 2 is 1.62 bits per heavy atom. The fourth-order valence-corrected chi connectivity index (χ4v) is 2.78. The monoisotopic (exact) mass is 353 g/mol. The summed E-state index contributed by atoms with van der Waals surface area (Å²) >= 11 is 0. The van der Waals surface area contributed by atoms with Gasteiger partial charge in [-0.2, -0.15) is 0 Å². The molecule has 1 N–H and O–H groups in total. The number of aryl methyl sites for hydroxylation is 1. The number of ether oxygens (including phenoxy) is 1. The van der Waals surface area contributed by atoms with E-state index < -0.39 is 6.10 Å². The van der Waals surface area contributed by atoms with Crippen LogP contribution in [-0.4, -0.2) is 12.0 Å². The molecule has 0 radical (unpaired) electrons. The van der Waals surface area contributed by atoms with Crippen molar-refractivity contribution in [2.24, 2.45) is 0 Å². The first-order valence-electron chi connectivity index (χ1n) is 9.23. The van der Waals surface area contributed by atoms with Gasteiger partial charge in [0.15, 0.2) is 6.10 Å². The standard InChI is InChI=1S/C23H31NO2/c1-15-9-8-10-21(16(15)2)26-18(4)22(25)24-17(3)19-11-13-20(14-12-19)23(5,6)7/h8-14,17-18H,1-7H3,(H,24,25)/t17-,18-/m0/s1. The van der Waals surface area contributed by atoms with E-state index in [0.717, 1.165) is 22.4 Å². The van der Waals surface area contributed by atoms with E-state index in [1.165, 1.54) is 5.56 Å². The molecule has 2 atom stereocenters. The molecule has 2 aromatic rings. The van der Waals surface area contributed by atoms with Gasteiger partial charge >= 0.3 is 0 Å². The Balaban J connectivity index is 2.00. The lowest BCUT2D eigenvalue weighted by Crippen LogP contribution is -2.37. The highest BCUT2D eigenvalue weighted by atomic mass is 16.5. The normalized spacial score (nSPS) is 13.8. The van der Waals surface area contributed by atoms with Crippen LogP contribution in [0.4, 0.5) is 0 Å². The molecule has 0 heterocycles. The van der Waals surface area contributed by atoms with Crippen molar-refractivity contribution in [3.05, 3.63) is 64.7 Å². The molecule has 0 fully saturated rings. The second-order valence-electron chi connectivity index (χ2n) is 8.06. The van der Waals surface area contributed by atoms with E-state index in [-0.39, 0.29) is 17.4 Å². The molecule has 0 aromatic heterocycles. The van der Waals surface area contributed by atoms with Crippen molar-refractivity contribution in [3.63, 3.8) is 0 Å². The smallest absolute Gasteiger partial charge is 0.261 e. The number of hydrogen-bond acceptors (Lipinski definition) is 2. The van der Waals surface area contributed by atoms with Crippen LogP contribution in [0.1, 0.15) is 62.9 Å². The van der Waals surface area contributed by atoms with E-state index in [0.29, 0.717) is 0 Å². The summed E-state index contributed by atoms with van der Waals surface area (Å²) in [6.45, 7) is 14.4. The molecule has 1 amide bonds. The molecule has 3 nitrogen and oxygen atoms in total. The maximum atomic E-state index is 12.5. The predicted octanol–water partition coefficient (Wildman–Crippen LogP) is 5.25. The third kappa shape index (κ3) is 4.87. The van der Waals surface area contributed by atoms with Crippen LogP contribution in [0, 0.1) is 13.8 Å². The second-order valence-corrected chi connectivity index (χ2v) is 8.06. The number of hydrogen-bond donors (Lipinski definition) is 1. The van der Waals surface area contributed by atoms with Crippen molar-refractivity contribution >= 4 is 5.91 Å². The first kappa shape index (κ1) is 20.0. The van der Waals surface area contributed by atoms with Crippen LogP contribution in [0.2, 0.25) is 0 Å². The second kappa shape index (κ2) is 7.94. The van der Waals surface area contributed by atoms with Crippen molar-refractivity contribution in [1.29, 1.82) is 0 Å². The van der Waals surface area contributed by atoms with Crippen molar-refractivity contribution in [3.8, 4) is 5.75 Å². The highest BCUT2D eigenvalue weighted by molar-refractivity contribution is 5.81. The van der Waals surface area contributed by atoms with Crippen LogP contribution in [0.3, 0.4) is 0 Å². The number of carbonyl (C=O) groups is 1. The summed E-state index contributed by atoms with van der Waals surface area (Å²) in [6, 6.07) is 14.3. The molecule has 26 heavy (non-hydrogen) atoms. The van der Waals surface area contributed by atoms with Gasteiger partial charge in [0.05, 0.1) is 6.04 Å². The van der Waals surface area contributed by atoms with E-state index in [1.54, 1.807) is 6.92 Å². The molecule has 2 rings (SSSR count). The molecule has 0 unspecified atom stereocenters. The molecule has 0 aliphatic heterocycles. The lowest BCUT2D eigenvalue weighted by molar-refractivity contribution is -0.127. The molecule has 0 aliphatic carbocycles. The van der Waals surface area contributed by atoms with Gasteiger partial charge in [-0.1, -0.05) is 57.2 Å². The highest BCUT2D eigenvalue weighted by Gasteiger charge is 2.19. The average molecular weight is 354 g/mol. The van der Waals surface area contributed by atoms with E-state index in [2.05, 4.69) is 50.4 Å². The summed E-state index contributed by atoms with van der Waals surface area (Å²) in [5.41, 5.74) is 4.72. The van der Waals surface area contributed by atoms with Crippen LogP contribution >= 0.6 is 0 Å². The first-order valence-corrected chi connectivity index (χ1v) is 9.23. The molecule has 0 saturated carbocycles. The van der Waals surface area contributed by atoms with Crippen LogP contribution in [0.15, 0.2) is 42.5 Å². The third-order valence-corrected chi connectivity index (χ3v) is 4.86. The number of carbonyl (C=O) groups excluding carboxylic acids is 1. The summed E-state index contributed by atoms with van der Waals surface area (Å²) in [4.78, 5) is 12.5. The minimum atomic E-state index is -0.549.